The van der Waals surface area contributed by atoms with Crippen molar-refractivity contribution >= 4 is 46.1 Å². The first-order valence-electron chi connectivity index (χ1n) is 26.2. The van der Waals surface area contributed by atoms with Gasteiger partial charge >= 0.3 is 11.9 Å². The van der Waals surface area contributed by atoms with E-state index < -0.39 is 11.9 Å². The lowest BCUT2D eigenvalue weighted by Gasteiger charge is -2.44. The van der Waals surface area contributed by atoms with Crippen LogP contribution >= 0.6 is 0 Å². The van der Waals surface area contributed by atoms with Crippen molar-refractivity contribution in [1.29, 1.82) is 0 Å². The lowest BCUT2D eigenvalue weighted by atomic mass is 9.60. The summed E-state index contributed by atoms with van der Waals surface area (Å²) in [5.74, 6) is 1.51. The molecule has 74 heavy (non-hydrogen) atoms. The summed E-state index contributed by atoms with van der Waals surface area (Å²) in [7, 11) is 0. The highest BCUT2D eigenvalue weighted by atomic mass is 16.5. The zero-order valence-corrected chi connectivity index (χ0v) is 42.6. The lowest BCUT2D eigenvalue weighted by Crippen LogP contribution is -2.35. The van der Waals surface area contributed by atoms with Crippen LogP contribution in [-0.4, -0.2) is 11.9 Å². The fourth-order valence-electron chi connectivity index (χ4n) is 11.7. The Hall–Kier alpha value is -8.22. The fourth-order valence-corrected chi connectivity index (χ4v) is 11.7. The Balaban J connectivity index is 1.01. The Kier molecular flexibility index (Phi) is 14.9. The van der Waals surface area contributed by atoms with Crippen LogP contribution in [0.5, 0.6) is 11.5 Å². The van der Waals surface area contributed by atoms with Gasteiger partial charge in [-0.1, -0.05) is 142 Å². The minimum Gasteiger partial charge on any atom is -0.423 e. The average molecular weight is 973 g/mol. The van der Waals surface area contributed by atoms with E-state index in [2.05, 4.69) is 182 Å². The van der Waals surface area contributed by atoms with Gasteiger partial charge in [-0.05, 0) is 193 Å². The maximum absolute atomic E-state index is 12.1. The van der Waals surface area contributed by atoms with Crippen molar-refractivity contribution in [3.05, 3.63) is 242 Å². The second kappa shape index (κ2) is 22.3. The van der Waals surface area contributed by atoms with Crippen LogP contribution in [0.4, 0.5) is 34.1 Å². The molecule has 0 aromatic heterocycles. The first kappa shape index (κ1) is 49.4. The van der Waals surface area contributed by atoms with Crippen LogP contribution in [0.2, 0.25) is 0 Å². The van der Waals surface area contributed by atoms with Crippen LogP contribution in [0.1, 0.15) is 80.0 Å². The summed E-state index contributed by atoms with van der Waals surface area (Å²) < 4.78 is 11.0. The quantitative estimate of drug-likeness (QED) is 0.0580. The molecule has 8 aromatic rings. The summed E-state index contributed by atoms with van der Waals surface area (Å²) in [5.41, 5.74) is 15.7. The third-order valence-corrected chi connectivity index (χ3v) is 15.7. The molecule has 2 aliphatic carbocycles. The lowest BCUT2D eigenvalue weighted by molar-refractivity contribution is -0.129. The molecule has 0 N–H and O–H groups in total. The number of esters is 2. The van der Waals surface area contributed by atoms with Gasteiger partial charge in [-0.25, -0.2) is 9.59 Å². The maximum Gasteiger partial charge on any atom is 0.335 e. The number of nitrogens with zero attached hydrogens (tertiary/aromatic N) is 2. The molecular weight excluding hydrogens is 909 g/mol. The zero-order chi connectivity index (χ0) is 51.0. The van der Waals surface area contributed by atoms with E-state index in [0.29, 0.717) is 11.5 Å². The number of benzene rings is 8. The Bertz CT molecular complexity index is 3010. The molecule has 0 saturated heterocycles. The highest BCUT2D eigenvalue weighted by molar-refractivity contribution is 5.85. The van der Waals surface area contributed by atoms with E-state index in [0.717, 1.165) is 69.9 Å². The zero-order valence-electron chi connectivity index (χ0n) is 42.6. The van der Waals surface area contributed by atoms with Gasteiger partial charge in [0.25, 0.3) is 0 Å². The van der Waals surface area contributed by atoms with Crippen LogP contribution in [0, 0.1) is 25.7 Å². The molecule has 6 heteroatoms. The number of hydrogen-bond donors (Lipinski definition) is 0. The summed E-state index contributed by atoms with van der Waals surface area (Å²) in [6.45, 7) is 11.4. The molecule has 10 rings (SSSR count). The summed E-state index contributed by atoms with van der Waals surface area (Å²) in [4.78, 5) is 28.8. The molecule has 2 saturated carbocycles. The first-order valence-corrected chi connectivity index (χ1v) is 26.2. The van der Waals surface area contributed by atoms with Crippen molar-refractivity contribution in [2.24, 2.45) is 11.8 Å². The number of carbonyl (C=O) groups excluding carboxylic acids is 2. The summed E-state index contributed by atoms with van der Waals surface area (Å²) in [5, 5.41) is 0. The average Bonchev–Trinajstić information content (AvgIpc) is 3.45. The monoisotopic (exact) mass is 972 g/mol. The first-order chi connectivity index (χ1) is 36.2. The second-order valence-electron chi connectivity index (χ2n) is 20.0. The summed E-state index contributed by atoms with van der Waals surface area (Å²) in [6.07, 6.45) is 13.7. The predicted octanol–water partition coefficient (Wildman–Crippen LogP) is 17.8. The second-order valence-corrected chi connectivity index (χ2v) is 20.0. The van der Waals surface area contributed by atoms with Crippen molar-refractivity contribution in [1.82, 2.24) is 0 Å². The van der Waals surface area contributed by atoms with E-state index >= 15 is 0 Å². The fraction of sp³-hybridized carbons (Fsp3) is 0.206. The van der Waals surface area contributed by atoms with Crippen LogP contribution in [0.15, 0.2) is 219 Å². The minimum absolute atomic E-state index is 0.185. The Labute approximate surface area is 437 Å². The van der Waals surface area contributed by atoms with Crippen LogP contribution in [0.3, 0.4) is 0 Å². The highest BCUT2D eigenvalue weighted by Gasteiger charge is 2.40. The van der Waals surface area contributed by atoms with Crippen molar-refractivity contribution in [3.8, 4) is 33.8 Å². The van der Waals surface area contributed by atoms with E-state index in [1.54, 1.807) is 0 Å². The number of rotatable bonds is 15. The van der Waals surface area contributed by atoms with Gasteiger partial charge in [0.05, 0.1) is 0 Å². The van der Waals surface area contributed by atoms with Crippen LogP contribution < -0.4 is 19.3 Å². The molecular formula is C68H64N2O4. The van der Waals surface area contributed by atoms with Gasteiger partial charge in [-0.3, -0.25) is 0 Å². The van der Waals surface area contributed by atoms with E-state index in [1.807, 2.05) is 48.5 Å². The van der Waals surface area contributed by atoms with Gasteiger partial charge in [-0.2, -0.15) is 0 Å². The largest absolute Gasteiger partial charge is 0.423 e. The Morgan fingerprint density at radius 2 is 0.757 bits per heavy atom. The topological polar surface area (TPSA) is 59.1 Å². The van der Waals surface area contributed by atoms with E-state index in [-0.39, 0.29) is 5.41 Å². The SMILES string of the molecule is C=CC(=O)Oc1ccc(N(c2ccc(-c3ccccc3C)cc2)c2ccc(C3(c4ccc(N(c5ccc(OC(=O)C=C)cc5)c5ccc(-c6ccccc6C)cc5)cc4)CCC(C4CCCCC4)CC3)cc2)cc1. The van der Waals surface area contributed by atoms with Gasteiger partial charge in [0.15, 0.2) is 0 Å². The van der Waals surface area contributed by atoms with Crippen molar-refractivity contribution in [3.63, 3.8) is 0 Å². The van der Waals surface area contributed by atoms with E-state index in [9.17, 15) is 9.59 Å². The molecule has 2 aliphatic rings. The van der Waals surface area contributed by atoms with Crippen LogP contribution in [-0.2, 0) is 15.0 Å². The molecule has 0 atom stereocenters. The number of anilines is 6. The Morgan fingerprint density at radius 1 is 0.432 bits per heavy atom. The summed E-state index contributed by atoms with van der Waals surface area (Å²) in [6, 6.07) is 68.4. The van der Waals surface area contributed by atoms with Gasteiger partial charge in [0.2, 0.25) is 0 Å². The molecule has 0 heterocycles. The Morgan fingerprint density at radius 3 is 1.11 bits per heavy atom. The van der Waals surface area contributed by atoms with Crippen molar-refractivity contribution in [2.45, 2.75) is 77.0 Å². The molecule has 370 valence electrons. The molecule has 0 radical (unpaired) electrons. The van der Waals surface area contributed by atoms with E-state index in [4.69, 9.17) is 9.47 Å². The molecule has 0 amide bonds. The number of carbonyl (C=O) groups is 2. The number of aryl methyl sites for hydroxylation is 2. The number of hydrogen-bond acceptors (Lipinski definition) is 6. The highest BCUT2D eigenvalue weighted by Crippen LogP contribution is 2.51. The molecule has 2 fully saturated rings. The molecule has 6 nitrogen and oxygen atoms in total. The predicted molar refractivity (Wildman–Crippen MR) is 304 cm³/mol. The smallest absolute Gasteiger partial charge is 0.335 e. The maximum atomic E-state index is 12.1. The van der Waals surface area contributed by atoms with Crippen LogP contribution in [0.25, 0.3) is 22.3 Å². The molecule has 0 aliphatic heterocycles. The third kappa shape index (κ3) is 10.6. The molecule has 0 bridgehead atoms. The molecule has 8 aromatic carbocycles. The summed E-state index contributed by atoms with van der Waals surface area (Å²) >= 11 is 0. The number of ether oxygens (including phenoxy) is 2. The van der Waals surface area contributed by atoms with E-state index in [1.165, 1.54) is 90.5 Å². The van der Waals surface area contributed by atoms with Gasteiger partial charge in [0.1, 0.15) is 11.5 Å². The van der Waals surface area contributed by atoms with Gasteiger partial charge in [-0.15, -0.1) is 0 Å². The molecule has 0 unspecified atom stereocenters. The van der Waals surface area contributed by atoms with Crippen molar-refractivity contribution < 1.29 is 19.1 Å². The van der Waals surface area contributed by atoms with Gasteiger partial charge in [0, 0.05) is 51.7 Å². The van der Waals surface area contributed by atoms with Crippen molar-refractivity contribution in [2.75, 3.05) is 9.80 Å². The third-order valence-electron chi connectivity index (χ3n) is 15.7. The standard InChI is InChI=1S/C68H64N2O4/c1-5-66(71)73-62-40-36-60(37-41-62)69(56-28-20-52(21-29-56)64-18-12-10-14-48(64)3)58-32-24-54(25-33-58)68(46-44-51(45-47-68)50-16-8-7-9-17-50)55-26-34-59(35-27-55)70(61-38-42-63(43-39-61)74-67(72)6-2)57-30-22-53(23-31-57)65-19-13-11-15-49(65)4/h5-6,10-15,18-43,50-51H,1-2,7-9,16-17,44-47H2,3-4H3. The van der Waals surface area contributed by atoms with Gasteiger partial charge < -0.3 is 19.3 Å². The molecule has 0 spiro atoms. The minimum atomic E-state index is -0.491. The normalized spacial score (nSPS) is 14.6.